The van der Waals surface area contributed by atoms with Crippen molar-refractivity contribution in [3.8, 4) is 0 Å². The van der Waals surface area contributed by atoms with Gasteiger partial charge in [-0.05, 0) is 26.4 Å². The molecule has 0 aromatic carbocycles. The summed E-state index contributed by atoms with van der Waals surface area (Å²) in [5.41, 5.74) is 7.17. The fraction of sp³-hybridized carbons (Fsp3) is 0.769. The summed E-state index contributed by atoms with van der Waals surface area (Å²) >= 11 is 0. The highest BCUT2D eigenvalue weighted by molar-refractivity contribution is 5.11. The van der Waals surface area contributed by atoms with E-state index in [0.29, 0.717) is 12.6 Å². The second kappa shape index (κ2) is 7.45. The summed E-state index contributed by atoms with van der Waals surface area (Å²) in [7, 11) is 0. The molecule has 17 heavy (non-hydrogen) atoms. The molecule has 0 radical (unpaired) electrons. The Hall–Kier alpha value is -0.870. The average Bonchev–Trinajstić information content (AvgIpc) is 2.82. The second-order valence-corrected chi connectivity index (χ2v) is 4.36. The lowest BCUT2D eigenvalue weighted by molar-refractivity contribution is 0.209. The molecule has 0 saturated carbocycles. The van der Waals surface area contributed by atoms with Gasteiger partial charge < -0.3 is 5.73 Å². The maximum absolute atomic E-state index is 5.93. The van der Waals surface area contributed by atoms with Gasteiger partial charge in [0.05, 0.1) is 12.2 Å². The molecule has 1 unspecified atom stereocenters. The van der Waals surface area contributed by atoms with Crippen LogP contribution in [0.25, 0.3) is 0 Å². The molecule has 0 saturated heterocycles. The number of rotatable bonds is 8. The Bertz CT molecular complexity index is 308. The van der Waals surface area contributed by atoms with Gasteiger partial charge in [-0.3, -0.25) is 9.58 Å². The highest BCUT2D eigenvalue weighted by Crippen LogP contribution is 2.19. The first-order chi connectivity index (χ1) is 8.26. The lowest BCUT2D eigenvalue weighted by atomic mass is 10.1. The summed E-state index contributed by atoms with van der Waals surface area (Å²) in [4.78, 5) is 2.44. The predicted molar refractivity (Wildman–Crippen MR) is 71.9 cm³/mol. The van der Waals surface area contributed by atoms with Crippen LogP contribution in [0.1, 0.15) is 45.2 Å². The van der Waals surface area contributed by atoms with Gasteiger partial charge in [0.2, 0.25) is 0 Å². The molecule has 4 heteroatoms. The van der Waals surface area contributed by atoms with Crippen molar-refractivity contribution in [2.45, 2.75) is 46.2 Å². The minimum atomic E-state index is 0.312. The molecule has 4 nitrogen and oxygen atoms in total. The molecular weight excluding hydrogens is 212 g/mol. The third-order valence-electron chi connectivity index (χ3n) is 3.23. The third kappa shape index (κ3) is 3.82. The largest absolute Gasteiger partial charge is 0.329 e. The lowest BCUT2D eigenvalue weighted by Crippen LogP contribution is -2.34. The zero-order valence-corrected chi connectivity index (χ0v) is 11.4. The molecule has 0 aliphatic heterocycles. The van der Waals surface area contributed by atoms with E-state index in [2.05, 4.69) is 37.0 Å². The average molecular weight is 238 g/mol. The van der Waals surface area contributed by atoms with Crippen LogP contribution in [0.3, 0.4) is 0 Å². The second-order valence-electron chi connectivity index (χ2n) is 4.36. The summed E-state index contributed by atoms with van der Waals surface area (Å²) in [6.45, 7) is 10.3. The van der Waals surface area contributed by atoms with Crippen molar-refractivity contribution in [3.05, 3.63) is 18.0 Å². The van der Waals surface area contributed by atoms with Gasteiger partial charge in [0.15, 0.2) is 0 Å². The van der Waals surface area contributed by atoms with Crippen LogP contribution in [0.5, 0.6) is 0 Å². The fourth-order valence-electron chi connectivity index (χ4n) is 2.12. The van der Waals surface area contributed by atoms with E-state index in [4.69, 9.17) is 5.73 Å². The zero-order valence-electron chi connectivity index (χ0n) is 11.4. The van der Waals surface area contributed by atoms with Crippen molar-refractivity contribution >= 4 is 0 Å². The van der Waals surface area contributed by atoms with Crippen LogP contribution in [-0.2, 0) is 6.54 Å². The predicted octanol–water partition coefficient (Wildman–Crippen LogP) is 2.02. The van der Waals surface area contributed by atoms with Gasteiger partial charge >= 0.3 is 0 Å². The van der Waals surface area contributed by atoms with Crippen LogP contribution in [0.2, 0.25) is 0 Å². The van der Waals surface area contributed by atoms with E-state index in [9.17, 15) is 0 Å². The molecule has 1 atom stereocenters. The molecule has 0 amide bonds. The Balaban J connectivity index is 2.73. The first kappa shape index (κ1) is 14.2. The lowest BCUT2D eigenvalue weighted by Gasteiger charge is -2.29. The molecule has 2 N–H and O–H groups in total. The Labute approximate surface area is 105 Å². The molecule has 0 spiro atoms. The normalized spacial score (nSPS) is 13.2. The molecule has 1 heterocycles. The summed E-state index contributed by atoms with van der Waals surface area (Å²) in [5, 5.41) is 4.33. The van der Waals surface area contributed by atoms with Gasteiger partial charge in [-0.2, -0.15) is 5.10 Å². The van der Waals surface area contributed by atoms with Gasteiger partial charge in [-0.1, -0.05) is 20.3 Å². The van der Waals surface area contributed by atoms with Crippen molar-refractivity contribution in [2.75, 3.05) is 19.6 Å². The van der Waals surface area contributed by atoms with Crippen LogP contribution < -0.4 is 5.73 Å². The quantitative estimate of drug-likeness (QED) is 0.754. The SMILES string of the molecule is CCCCN(CC)C(CN)c1cnn(CC)c1. The highest BCUT2D eigenvalue weighted by atomic mass is 15.3. The molecule has 1 aromatic rings. The third-order valence-corrected chi connectivity index (χ3v) is 3.23. The number of aromatic nitrogens is 2. The minimum absolute atomic E-state index is 0.312. The molecule has 0 aliphatic carbocycles. The summed E-state index contributed by atoms with van der Waals surface area (Å²) in [6, 6.07) is 0.312. The Morgan fingerprint density at radius 1 is 1.41 bits per heavy atom. The van der Waals surface area contributed by atoms with Crippen LogP contribution in [0.4, 0.5) is 0 Å². The minimum Gasteiger partial charge on any atom is -0.329 e. The van der Waals surface area contributed by atoms with E-state index in [0.717, 1.165) is 19.6 Å². The molecule has 0 bridgehead atoms. The Morgan fingerprint density at radius 2 is 2.18 bits per heavy atom. The standard InChI is InChI=1S/C13H26N4/c1-4-7-8-16(5-2)13(9-14)12-10-15-17(6-3)11-12/h10-11,13H,4-9,14H2,1-3H3. The van der Waals surface area contributed by atoms with Gasteiger partial charge in [-0.25, -0.2) is 0 Å². The number of nitrogens with zero attached hydrogens (tertiary/aromatic N) is 3. The summed E-state index contributed by atoms with van der Waals surface area (Å²) < 4.78 is 1.96. The maximum atomic E-state index is 5.93. The number of nitrogens with two attached hydrogens (primary N) is 1. The van der Waals surface area contributed by atoms with E-state index in [1.165, 1.54) is 18.4 Å². The van der Waals surface area contributed by atoms with Gasteiger partial charge in [0.25, 0.3) is 0 Å². The van der Waals surface area contributed by atoms with Gasteiger partial charge in [-0.15, -0.1) is 0 Å². The van der Waals surface area contributed by atoms with Crippen LogP contribution >= 0.6 is 0 Å². The van der Waals surface area contributed by atoms with Crippen molar-refractivity contribution < 1.29 is 0 Å². The Morgan fingerprint density at radius 3 is 2.65 bits per heavy atom. The van der Waals surface area contributed by atoms with Gasteiger partial charge in [0, 0.05) is 24.8 Å². The molecule has 1 aromatic heterocycles. The smallest absolute Gasteiger partial charge is 0.0538 e. The van der Waals surface area contributed by atoms with E-state index in [1.54, 1.807) is 0 Å². The number of unbranched alkanes of at least 4 members (excludes halogenated alkanes) is 1. The van der Waals surface area contributed by atoms with E-state index < -0.39 is 0 Å². The number of hydrogen-bond acceptors (Lipinski definition) is 3. The van der Waals surface area contributed by atoms with E-state index in [1.807, 2.05) is 10.9 Å². The first-order valence-corrected chi connectivity index (χ1v) is 6.73. The van der Waals surface area contributed by atoms with Crippen molar-refractivity contribution in [1.29, 1.82) is 0 Å². The molecule has 1 rings (SSSR count). The van der Waals surface area contributed by atoms with Crippen LogP contribution in [-0.4, -0.2) is 34.3 Å². The molecular formula is C13H26N4. The number of likely N-dealkylation sites (N-methyl/N-ethyl adjacent to an activating group) is 1. The number of aryl methyl sites for hydroxylation is 1. The topological polar surface area (TPSA) is 47.1 Å². The maximum Gasteiger partial charge on any atom is 0.0538 e. The van der Waals surface area contributed by atoms with Crippen LogP contribution in [0.15, 0.2) is 12.4 Å². The molecule has 0 fully saturated rings. The molecule has 0 aliphatic rings. The number of hydrogen-bond donors (Lipinski definition) is 1. The van der Waals surface area contributed by atoms with Crippen molar-refractivity contribution in [3.63, 3.8) is 0 Å². The first-order valence-electron chi connectivity index (χ1n) is 6.73. The van der Waals surface area contributed by atoms with E-state index in [-0.39, 0.29) is 0 Å². The van der Waals surface area contributed by atoms with E-state index >= 15 is 0 Å². The highest BCUT2D eigenvalue weighted by Gasteiger charge is 2.18. The monoisotopic (exact) mass is 238 g/mol. The van der Waals surface area contributed by atoms with Crippen molar-refractivity contribution in [2.24, 2.45) is 5.73 Å². The zero-order chi connectivity index (χ0) is 12.7. The molecule has 98 valence electrons. The van der Waals surface area contributed by atoms with Crippen molar-refractivity contribution in [1.82, 2.24) is 14.7 Å². The van der Waals surface area contributed by atoms with Gasteiger partial charge in [0.1, 0.15) is 0 Å². The fourth-order valence-corrected chi connectivity index (χ4v) is 2.12. The summed E-state index contributed by atoms with van der Waals surface area (Å²) in [6.07, 6.45) is 6.52. The summed E-state index contributed by atoms with van der Waals surface area (Å²) in [5.74, 6) is 0. The Kier molecular flexibility index (Phi) is 6.22. The van der Waals surface area contributed by atoms with Crippen LogP contribution in [0, 0.1) is 0 Å².